The zero-order chi connectivity index (χ0) is 40.0. The van der Waals surface area contributed by atoms with Gasteiger partial charge in [-0.05, 0) is 60.0 Å². The standard InChI is InChI=1S/C45H44N6O6S/c1-30-42-38-16-8-15-36-37(17-9-23-57-40-18-7-13-31-10-5-6-14-35(31)40)44(45(52)53)51(43(36)38)28-33-12-4-3-11-32(33)27-50(29-39(42)47-48(30)2)58(54,55)34-19-20-41(46-26-34)49-21-24-56-25-22-49/h3-8,10-16,18-20,26H,9,17,21-25,27-29H2,1-2H3,(H,52,53). The maximum absolute atomic E-state index is 14.7. The Morgan fingerprint density at radius 2 is 1.59 bits per heavy atom. The normalized spacial score (nSPS) is 14.9. The lowest BCUT2D eigenvalue weighted by Gasteiger charge is -2.28. The molecule has 9 rings (SSSR count). The van der Waals surface area contributed by atoms with Gasteiger partial charge in [0, 0.05) is 67.0 Å². The van der Waals surface area contributed by atoms with E-state index in [1.54, 1.807) is 16.8 Å². The van der Waals surface area contributed by atoms with Gasteiger partial charge >= 0.3 is 5.97 Å². The summed E-state index contributed by atoms with van der Waals surface area (Å²) >= 11 is 0. The lowest BCUT2D eigenvalue weighted by Crippen LogP contribution is -2.36. The maximum atomic E-state index is 14.7. The highest BCUT2D eigenvalue weighted by atomic mass is 32.2. The van der Waals surface area contributed by atoms with Crippen molar-refractivity contribution in [1.82, 2.24) is 23.6 Å². The number of hydrogen-bond donors (Lipinski definition) is 1. The molecule has 12 nitrogen and oxygen atoms in total. The predicted octanol–water partition coefficient (Wildman–Crippen LogP) is 7.20. The molecule has 1 fully saturated rings. The highest BCUT2D eigenvalue weighted by molar-refractivity contribution is 7.89. The van der Waals surface area contributed by atoms with Gasteiger partial charge in [-0.3, -0.25) is 4.68 Å². The van der Waals surface area contributed by atoms with Gasteiger partial charge in [0.05, 0.1) is 37.6 Å². The van der Waals surface area contributed by atoms with Crippen molar-refractivity contribution in [3.8, 4) is 16.9 Å². The largest absolute Gasteiger partial charge is 0.493 e. The first-order chi connectivity index (χ1) is 28.2. The van der Waals surface area contributed by atoms with Crippen molar-refractivity contribution in [1.29, 1.82) is 0 Å². The molecule has 7 aromatic rings. The van der Waals surface area contributed by atoms with Crippen molar-refractivity contribution < 1.29 is 27.8 Å². The third-order valence-electron chi connectivity index (χ3n) is 11.5. The third-order valence-corrected chi connectivity index (χ3v) is 13.2. The number of carboxylic acids is 1. The summed E-state index contributed by atoms with van der Waals surface area (Å²) in [6, 6.07) is 31.0. The summed E-state index contributed by atoms with van der Waals surface area (Å²) in [6.45, 7) is 5.17. The van der Waals surface area contributed by atoms with Gasteiger partial charge in [0.1, 0.15) is 22.2 Å². The van der Waals surface area contributed by atoms with Crippen LogP contribution < -0.4 is 9.64 Å². The Hall–Kier alpha value is -6.02. The Morgan fingerprint density at radius 3 is 2.36 bits per heavy atom. The van der Waals surface area contributed by atoms with Crippen LogP contribution in [0.25, 0.3) is 32.8 Å². The van der Waals surface area contributed by atoms with Crippen LogP contribution in [-0.4, -0.2) is 76.0 Å². The topological polar surface area (TPSA) is 132 Å². The second-order valence-corrected chi connectivity index (χ2v) is 16.8. The molecule has 2 aliphatic heterocycles. The summed E-state index contributed by atoms with van der Waals surface area (Å²) in [6.07, 6.45) is 2.50. The number of hydrogen-bond acceptors (Lipinski definition) is 8. The van der Waals surface area contributed by atoms with Gasteiger partial charge in [-0.2, -0.15) is 9.40 Å². The molecule has 0 atom stereocenters. The Bertz CT molecular complexity index is 2780. The van der Waals surface area contributed by atoms with E-state index in [0.717, 1.165) is 60.9 Å². The zero-order valence-electron chi connectivity index (χ0n) is 32.5. The number of carboxylic acid groups (broad SMARTS) is 1. The second-order valence-electron chi connectivity index (χ2n) is 14.9. The average molecular weight is 797 g/mol. The maximum Gasteiger partial charge on any atom is 0.352 e. The fourth-order valence-corrected chi connectivity index (χ4v) is 9.83. The van der Waals surface area contributed by atoms with Crippen molar-refractivity contribution in [2.24, 2.45) is 7.05 Å². The van der Waals surface area contributed by atoms with Gasteiger partial charge in [0.15, 0.2) is 0 Å². The molecule has 0 amide bonds. The zero-order valence-corrected chi connectivity index (χ0v) is 33.3. The number of aromatic nitrogens is 4. The molecule has 0 radical (unpaired) electrons. The van der Waals surface area contributed by atoms with Crippen molar-refractivity contribution >= 4 is 43.5 Å². The van der Waals surface area contributed by atoms with Crippen LogP contribution in [0.4, 0.5) is 5.82 Å². The number of nitrogens with zero attached hydrogens (tertiary/aromatic N) is 6. The van der Waals surface area contributed by atoms with Crippen LogP contribution in [0.3, 0.4) is 0 Å². The molecule has 0 saturated carbocycles. The molecule has 1 N–H and O–H groups in total. The third kappa shape index (κ3) is 6.78. The minimum atomic E-state index is -4.09. The van der Waals surface area contributed by atoms with Crippen LogP contribution in [0.1, 0.15) is 45.0 Å². The van der Waals surface area contributed by atoms with Crippen molar-refractivity contribution in [3.63, 3.8) is 0 Å². The number of aromatic carboxylic acids is 1. The molecule has 0 unspecified atom stereocenters. The van der Waals surface area contributed by atoms with E-state index in [0.29, 0.717) is 57.3 Å². The predicted molar refractivity (Wildman–Crippen MR) is 223 cm³/mol. The first kappa shape index (κ1) is 37.6. The van der Waals surface area contributed by atoms with E-state index in [1.165, 1.54) is 10.5 Å². The first-order valence-corrected chi connectivity index (χ1v) is 21.0. The van der Waals surface area contributed by atoms with Gasteiger partial charge in [-0.1, -0.05) is 78.9 Å². The molecule has 5 heterocycles. The lowest BCUT2D eigenvalue weighted by molar-refractivity contribution is 0.0684. The fourth-order valence-electron chi connectivity index (χ4n) is 8.50. The van der Waals surface area contributed by atoms with Crippen LogP contribution in [0, 0.1) is 6.92 Å². The van der Waals surface area contributed by atoms with Crippen molar-refractivity contribution in [2.75, 3.05) is 37.8 Å². The molecule has 4 aromatic carbocycles. The number of carbonyl (C=O) groups is 1. The number of pyridine rings is 1. The van der Waals surface area contributed by atoms with E-state index >= 15 is 0 Å². The lowest BCUT2D eigenvalue weighted by atomic mass is 9.98. The quantitative estimate of drug-likeness (QED) is 0.151. The minimum absolute atomic E-state index is 0.0137. The number of aryl methyl sites for hydroxylation is 2. The van der Waals surface area contributed by atoms with Gasteiger partial charge in [0.2, 0.25) is 10.0 Å². The van der Waals surface area contributed by atoms with Crippen molar-refractivity contribution in [2.45, 2.75) is 44.3 Å². The second kappa shape index (κ2) is 15.4. The SMILES string of the molecule is Cc1c2c(nn1C)CN(S(=O)(=O)c1ccc(N3CCOCC3)nc1)Cc1ccccc1Cn1c(C(=O)O)c(CCCOc3cccc4ccccc34)c3cccc-2c31. The smallest absolute Gasteiger partial charge is 0.352 e. The van der Waals surface area contributed by atoms with Crippen LogP contribution in [0.15, 0.2) is 108 Å². The molecule has 1 saturated heterocycles. The number of para-hydroxylation sites is 1. The molecule has 0 spiro atoms. The van der Waals surface area contributed by atoms with Crippen LogP contribution >= 0.6 is 0 Å². The number of anilines is 1. The monoisotopic (exact) mass is 796 g/mol. The average Bonchev–Trinajstić information content (AvgIpc) is 3.70. The number of sulfonamides is 1. The number of rotatable bonds is 9. The fraction of sp³-hybridized carbons (Fsp3) is 0.267. The number of ether oxygens (including phenoxy) is 2. The van der Waals surface area contributed by atoms with E-state index in [9.17, 15) is 18.3 Å². The van der Waals surface area contributed by atoms with Crippen LogP contribution in [0.5, 0.6) is 5.75 Å². The molecule has 296 valence electrons. The van der Waals surface area contributed by atoms with Gasteiger partial charge < -0.3 is 24.0 Å². The van der Waals surface area contributed by atoms with Crippen molar-refractivity contribution in [3.05, 3.63) is 137 Å². The summed E-state index contributed by atoms with van der Waals surface area (Å²) < 4.78 is 46.3. The van der Waals surface area contributed by atoms with E-state index in [4.69, 9.17) is 14.6 Å². The summed E-state index contributed by atoms with van der Waals surface area (Å²) in [5.41, 5.74) is 6.29. The van der Waals surface area contributed by atoms with Crippen LogP contribution in [0.2, 0.25) is 0 Å². The Morgan fingerprint density at radius 1 is 0.862 bits per heavy atom. The van der Waals surface area contributed by atoms with E-state index < -0.39 is 16.0 Å². The Balaban J connectivity index is 1.13. The Labute approximate surface area is 336 Å². The van der Waals surface area contributed by atoms with E-state index in [-0.39, 0.29) is 30.2 Å². The number of fused-ring (bicyclic) bond motifs is 4. The summed E-state index contributed by atoms with van der Waals surface area (Å²) in [4.78, 5) is 20.2. The summed E-state index contributed by atoms with van der Waals surface area (Å²) in [7, 11) is -2.24. The molecular formula is C45H44N6O6S. The van der Waals surface area contributed by atoms with Gasteiger partial charge in [-0.15, -0.1) is 0 Å². The van der Waals surface area contributed by atoms with E-state index in [2.05, 4.69) is 22.0 Å². The van der Waals surface area contributed by atoms with Crippen LogP contribution in [-0.2, 0) is 47.9 Å². The minimum Gasteiger partial charge on any atom is -0.493 e. The van der Waals surface area contributed by atoms with Gasteiger partial charge in [-0.25, -0.2) is 18.2 Å². The molecule has 0 aliphatic carbocycles. The molecule has 13 heteroatoms. The highest BCUT2D eigenvalue weighted by Gasteiger charge is 2.32. The highest BCUT2D eigenvalue weighted by Crippen LogP contribution is 2.40. The number of morpholine rings is 1. The summed E-state index contributed by atoms with van der Waals surface area (Å²) in [5, 5.41) is 18.9. The Kier molecular flexibility index (Phi) is 9.96. The molecule has 3 aromatic heterocycles. The molecule has 58 heavy (non-hydrogen) atoms. The summed E-state index contributed by atoms with van der Waals surface area (Å²) in [5.74, 6) is 0.470. The van der Waals surface area contributed by atoms with E-state index in [1.807, 2.05) is 91.3 Å². The van der Waals surface area contributed by atoms with Gasteiger partial charge in [0.25, 0.3) is 0 Å². The first-order valence-electron chi connectivity index (χ1n) is 19.6. The molecule has 0 bridgehead atoms. The molecule has 2 aliphatic rings. The number of benzene rings is 4. The molecular weight excluding hydrogens is 753 g/mol.